The molecule has 10 heteroatoms. The van der Waals surface area contributed by atoms with Crippen molar-refractivity contribution in [1.29, 1.82) is 0 Å². The maximum atomic E-state index is 12.0. The number of aliphatic hydroxyl groups excluding tert-OH is 3. The summed E-state index contributed by atoms with van der Waals surface area (Å²) >= 11 is 0. The van der Waals surface area contributed by atoms with Crippen molar-refractivity contribution >= 4 is 0 Å². The first kappa shape index (κ1) is 14.8. The second-order valence-electron chi connectivity index (χ2n) is 4.06. The molecule has 4 atom stereocenters. The van der Waals surface area contributed by atoms with Crippen molar-refractivity contribution in [2.45, 2.75) is 31.2 Å². The van der Waals surface area contributed by atoms with E-state index in [-0.39, 0.29) is 0 Å². The average Bonchev–Trinajstić information content (AvgIpc) is 2.66. The zero-order valence-corrected chi connectivity index (χ0v) is 9.97. The third-order valence-electron chi connectivity index (χ3n) is 2.81. The van der Waals surface area contributed by atoms with Crippen LogP contribution >= 0.6 is 0 Å². The van der Waals surface area contributed by atoms with Gasteiger partial charge in [0, 0.05) is 12.3 Å². The predicted molar refractivity (Wildman–Crippen MR) is 58.1 cm³/mol. The van der Waals surface area contributed by atoms with Crippen LogP contribution in [0.2, 0.25) is 0 Å². The number of alkyl halides is 2. The molecule has 8 nitrogen and oxygen atoms in total. The zero-order chi connectivity index (χ0) is 14.9. The van der Waals surface area contributed by atoms with Crippen molar-refractivity contribution in [3.05, 3.63) is 22.7 Å². The average molecular weight is 294 g/mol. The normalized spacial score (nSPS) is 29.9. The van der Waals surface area contributed by atoms with E-state index >= 15 is 0 Å². The highest BCUT2D eigenvalue weighted by molar-refractivity contribution is 5.07. The molecular weight excluding hydrogens is 282 g/mol. The number of aromatic nitrogens is 2. The van der Waals surface area contributed by atoms with Crippen molar-refractivity contribution in [3.63, 3.8) is 0 Å². The maximum Gasteiger partial charge on any atom is 0.388 e. The summed E-state index contributed by atoms with van der Waals surface area (Å²) in [5, 5.41) is 28.2. The molecule has 0 aromatic carbocycles. The molecule has 3 N–H and O–H groups in total. The second kappa shape index (κ2) is 5.79. The molecule has 1 aliphatic heterocycles. The van der Waals surface area contributed by atoms with Gasteiger partial charge in [-0.3, -0.25) is 4.57 Å². The smallest absolute Gasteiger partial charge is 0.388 e. The van der Waals surface area contributed by atoms with E-state index in [1.807, 2.05) is 0 Å². The molecule has 1 aromatic heterocycles. The second-order valence-corrected chi connectivity index (χ2v) is 4.06. The van der Waals surface area contributed by atoms with Crippen molar-refractivity contribution in [1.82, 2.24) is 9.55 Å². The van der Waals surface area contributed by atoms with Crippen LogP contribution in [0.4, 0.5) is 8.78 Å². The minimum Gasteiger partial charge on any atom is -0.417 e. The van der Waals surface area contributed by atoms with Crippen LogP contribution in [-0.4, -0.2) is 56.4 Å². The molecule has 0 amide bonds. The molecule has 1 fully saturated rings. The van der Waals surface area contributed by atoms with Crippen LogP contribution in [0.1, 0.15) is 6.23 Å². The molecule has 0 radical (unpaired) electrons. The summed E-state index contributed by atoms with van der Waals surface area (Å²) in [5.41, 5.74) is -1.00. The molecule has 20 heavy (non-hydrogen) atoms. The Morgan fingerprint density at radius 1 is 1.45 bits per heavy atom. The number of rotatable bonds is 4. The molecule has 112 valence electrons. The van der Waals surface area contributed by atoms with E-state index in [0.29, 0.717) is 0 Å². The van der Waals surface area contributed by atoms with E-state index in [9.17, 15) is 23.8 Å². The Balaban J connectivity index is 2.24. The molecule has 0 unspecified atom stereocenters. The summed E-state index contributed by atoms with van der Waals surface area (Å²) in [6, 6.07) is 0.988. The van der Waals surface area contributed by atoms with Crippen LogP contribution < -0.4 is 10.4 Å². The molecule has 0 aliphatic carbocycles. The highest BCUT2D eigenvalue weighted by Crippen LogP contribution is 2.28. The number of hydrogen-bond acceptors (Lipinski definition) is 7. The molecule has 0 bridgehead atoms. The Kier molecular flexibility index (Phi) is 4.28. The van der Waals surface area contributed by atoms with E-state index in [1.165, 1.54) is 0 Å². The SMILES string of the molecule is O=c1nc(OC(F)F)ccn1[C@@H]1O[C@H](CO)[C@@H](O)[C@H]1O. The van der Waals surface area contributed by atoms with Gasteiger partial charge >= 0.3 is 12.3 Å². The summed E-state index contributed by atoms with van der Waals surface area (Å²) < 4.78 is 33.8. The fourth-order valence-corrected chi connectivity index (χ4v) is 1.86. The van der Waals surface area contributed by atoms with Gasteiger partial charge in [0.15, 0.2) is 6.23 Å². The van der Waals surface area contributed by atoms with Gasteiger partial charge < -0.3 is 24.8 Å². The van der Waals surface area contributed by atoms with Gasteiger partial charge in [0.1, 0.15) is 18.3 Å². The summed E-state index contributed by atoms with van der Waals surface area (Å²) in [7, 11) is 0. The number of halogens is 2. The number of aliphatic hydroxyl groups is 3. The van der Waals surface area contributed by atoms with Gasteiger partial charge in [-0.25, -0.2) is 4.79 Å². The topological polar surface area (TPSA) is 114 Å². The molecular formula is C10H12F2N2O6. The summed E-state index contributed by atoms with van der Waals surface area (Å²) in [4.78, 5) is 14.9. The lowest BCUT2D eigenvalue weighted by Gasteiger charge is -2.17. The first-order valence-corrected chi connectivity index (χ1v) is 5.60. The van der Waals surface area contributed by atoms with Gasteiger partial charge in [-0.1, -0.05) is 0 Å². The van der Waals surface area contributed by atoms with E-state index in [1.54, 1.807) is 0 Å². The quantitative estimate of drug-likeness (QED) is 0.616. The lowest BCUT2D eigenvalue weighted by atomic mass is 10.1. The van der Waals surface area contributed by atoms with Crippen LogP contribution in [0.15, 0.2) is 17.1 Å². The standard InChI is InChI=1S/C10H12F2N2O6/c11-9(12)20-5-1-2-14(10(18)13-5)8-7(17)6(16)4(3-15)19-8/h1-2,4,6-9,15-17H,3H2/t4-,6-,7-,8-/m1/s1. The molecule has 2 heterocycles. The van der Waals surface area contributed by atoms with E-state index in [4.69, 9.17) is 9.84 Å². The van der Waals surface area contributed by atoms with Gasteiger partial charge in [-0.05, 0) is 0 Å². The maximum absolute atomic E-state index is 12.0. The minimum atomic E-state index is -3.12. The van der Waals surface area contributed by atoms with Crippen LogP contribution in [0.25, 0.3) is 0 Å². The van der Waals surface area contributed by atoms with E-state index < -0.39 is 49.3 Å². The Hall–Kier alpha value is -1.62. The van der Waals surface area contributed by atoms with Gasteiger partial charge in [-0.15, -0.1) is 0 Å². The molecule has 0 saturated carbocycles. The van der Waals surface area contributed by atoms with Crippen molar-refractivity contribution in [3.8, 4) is 5.88 Å². The van der Waals surface area contributed by atoms with Crippen LogP contribution in [0, 0.1) is 0 Å². The lowest BCUT2D eigenvalue weighted by molar-refractivity contribution is -0.0592. The highest BCUT2D eigenvalue weighted by Gasteiger charge is 2.43. The Labute approximate surface area is 110 Å². The van der Waals surface area contributed by atoms with Gasteiger partial charge in [0.25, 0.3) is 0 Å². The minimum absolute atomic E-state index is 0.552. The molecule has 1 saturated heterocycles. The Morgan fingerprint density at radius 2 is 2.15 bits per heavy atom. The largest absolute Gasteiger partial charge is 0.417 e. The predicted octanol–water partition coefficient (Wildman–Crippen LogP) is -1.54. The molecule has 2 rings (SSSR count). The first-order chi connectivity index (χ1) is 9.43. The van der Waals surface area contributed by atoms with Crippen molar-refractivity contribution in [2.24, 2.45) is 0 Å². The van der Waals surface area contributed by atoms with Gasteiger partial charge in [0.05, 0.1) is 6.61 Å². The van der Waals surface area contributed by atoms with Crippen LogP contribution in [0.5, 0.6) is 5.88 Å². The fraction of sp³-hybridized carbons (Fsp3) is 0.600. The Bertz CT molecular complexity index is 525. The summed E-state index contributed by atoms with van der Waals surface area (Å²) in [5.74, 6) is -0.576. The van der Waals surface area contributed by atoms with Crippen molar-refractivity contribution < 1.29 is 33.6 Å². The third-order valence-corrected chi connectivity index (χ3v) is 2.81. The van der Waals surface area contributed by atoms with Crippen LogP contribution in [-0.2, 0) is 4.74 Å². The van der Waals surface area contributed by atoms with Crippen molar-refractivity contribution in [2.75, 3.05) is 6.61 Å². The fourth-order valence-electron chi connectivity index (χ4n) is 1.86. The monoisotopic (exact) mass is 294 g/mol. The molecule has 1 aliphatic rings. The van der Waals surface area contributed by atoms with Crippen LogP contribution in [0.3, 0.4) is 0 Å². The summed E-state index contributed by atoms with van der Waals surface area (Å²) in [6.07, 6.45) is -4.14. The molecule has 1 aromatic rings. The number of hydrogen-bond donors (Lipinski definition) is 3. The molecule has 0 spiro atoms. The van der Waals surface area contributed by atoms with E-state index in [0.717, 1.165) is 16.8 Å². The summed E-state index contributed by atoms with van der Waals surface area (Å²) in [6.45, 7) is -3.67. The van der Waals surface area contributed by atoms with E-state index in [2.05, 4.69) is 9.72 Å². The lowest BCUT2D eigenvalue weighted by Crippen LogP contribution is -2.36. The zero-order valence-electron chi connectivity index (χ0n) is 9.97. The first-order valence-electron chi connectivity index (χ1n) is 5.60. The number of ether oxygens (including phenoxy) is 2. The van der Waals surface area contributed by atoms with Gasteiger partial charge in [0.2, 0.25) is 5.88 Å². The third kappa shape index (κ3) is 2.77. The van der Waals surface area contributed by atoms with Gasteiger partial charge in [-0.2, -0.15) is 13.8 Å². The number of nitrogens with zero attached hydrogens (tertiary/aromatic N) is 2. The highest BCUT2D eigenvalue weighted by atomic mass is 19.3. The Morgan fingerprint density at radius 3 is 2.65 bits per heavy atom.